The fourth-order valence-corrected chi connectivity index (χ4v) is 2.57. The van der Waals surface area contributed by atoms with Gasteiger partial charge in [0.15, 0.2) is 6.61 Å². The van der Waals surface area contributed by atoms with Gasteiger partial charge in [-0.2, -0.15) is 0 Å². The monoisotopic (exact) mass is 385 g/mol. The molecule has 0 spiro atoms. The normalized spacial score (nSPS) is 10.6. The molecular weight excluding hydrogens is 369 g/mol. The number of amides is 1. The Labute approximate surface area is 157 Å². The van der Waals surface area contributed by atoms with Gasteiger partial charge in [0.1, 0.15) is 12.4 Å². The first-order valence-electron chi connectivity index (χ1n) is 8.33. The number of aromatic nitrogens is 2. The van der Waals surface area contributed by atoms with Crippen molar-refractivity contribution in [2.75, 3.05) is 6.61 Å². The van der Waals surface area contributed by atoms with Gasteiger partial charge < -0.3 is 10.1 Å². The first-order valence-corrected chi connectivity index (χ1v) is 8.33. The van der Waals surface area contributed by atoms with Crippen LogP contribution < -0.4 is 16.4 Å². The van der Waals surface area contributed by atoms with E-state index in [1.54, 1.807) is 18.2 Å². The summed E-state index contributed by atoms with van der Waals surface area (Å²) in [5, 5.41) is 5.10. The molecule has 0 saturated heterocycles. The zero-order valence-electron chi connectivity index (χ0n) is 14.6. The molecule has 144 valence electrons. The lowest BCUT2D eigenvalue weighted by Crippen LogP contribution is -2.34. The number of H-pyrrole nitrogens is 1. The van der Waals surface area contributed by atoms with E-state index < -0.39 is 42.0 Å². The quantitative estimate of drug-likeness (QED) is 0.607. The summed E-state index contributed by atoms with van der Waals surface area (Å²) in [7, 11) is 0. The van der Waals surface area contributed by atoms with Crippen LogP contribution in [0.15, 0.2) is 58.1 Å². The van der Waals surface area contributed by atoms with Crippen LogP contribution in [-0.4, -0.2) is 28.3 Å². The zero-order valence-corrected chi connectivity index (χ0v) is 14.6. The average molecular weight is 385 g/mol. The Morgan fingerprint density at radius 3 is 2.46 bits per heavy atom. The van der Waals surface area contributed by atoms with E-state index in [0.717, 1.165) is 4.68 Å². The van der Waals surface area contributed by atoms with E-state index in [1.165, 1.54) is 30.3 Å². The predicted molar refractivity (Wildman–Crippen MR) is 98.0 cm³/mol. The number of ether oxygens (including phenoxy) is 1. The standard InChI is InChI=1S/C19H16FN3O5/c20-15-8-4-1-5-12(15)9-21-16(24)11-28-17(25)10-23-19(27)14-7-3-2-6-13(14)18(26)22-23/h1-8H,9-11H2,(H,21,24)(H,22,26). The Morgan fingerprint density at radius 1 is 1.04 bits per heavy atom. The highest BCUT2D eigenvalue weighted by molar-refractivity contribution is 5.81. The summed E-state index contributed by atoms with van der Waals surface area (Å²) < 4.78 is 19.1. The fourth-order valence-electron chi connectivity index (χ4n) is 2.57. The lowest BCUT2D eigenvalue weighted by atomic mass is 10.2. The molecule has 2 aromatic carbocycles. The molecule has 0 aliphatic carbocycles. The number of carbonyl (C=O) groups is 2. The predicted octanol–water partition coefficient (Wildman–Crippen LogP) is 0.688. The molecule has 3 rings (SSSR count). The minimum atomic E-state index is -0.880. The number of rotatable bonds is 6. The summed E-state index contributed by atoms with van der Waals surface area (Å²) in [6.45, 7) is -1.21. The second-order valence-corrected chi connectivity index (χ2v) is 5.91. The van der Waals surface area contributed by atoms with Gasteiger partial charge in [0.2, 0.25) is 0 Å². The van der Waals surface area contributed by atoms with E-state index in [2.05, 4.69) is 10.4 Å². The zero-order chi connectivity index (χ0) is 20.1. The molecule has 0 aliphatic rings. The van der Waals surface area contributed by atoms with Crippen molar-refractivity contribution in [2.45, 2.75) is 13.1 Å². The van der Waals surface area contributed by atoms with Crippen LogP contribution in [-0.2, 0) is 27.4 Å². The van der Waals surface area contributed by atoms with Gasteiger partial charge in [-0.05, 0) is 18.2 Å². The first kappa shape index (κ1) is 19.0. The molecule has 0 fully saturated rings. The van der Waals surface area contributed by atoms with Crippen LogP contribution in [0.25, 0.3) is 10.8 Å². The summed E-state index contributed by atoms with van der Waals surface area (Å²) in [5.74, 6) is -1.97. The van der Waals surface area contributed by atoms with E-state index in [-0.39, 0.29) is 17.3 Å². The molecule has 0 saturated carbocycles. The topological polar surface area (TPSA) is 110 Å². The van der Waals surface area contributed by atoms with Crippen molar-refractivity contribution in [3.05, 3.63) is 80.6 Å². The minimum absolute atomic E-state index is 0.0551. The number of esters is 1. The molecule has 1 amide bonds. The molecule has 9 heteroatoms. The first-order chi connectivity index (χ1) is 13.5. The van der Waals surface area contributed by atoms with Crippen LogP contribution in [0, 0.1) is 5.82 Å². The Morgan fingerprint density at radius 2 is 1.71 bits per heavy atom. The molecule has 0 unspecified atom stereocenters. The number of carbonyl (C=O) groups excluding carboxylic acids is 2. The van der Waals surface area contributed by atoms with E-state index in [0.29, 0.717) is 5.56 Å². The van der Waals surface area contributed by atoms with Crippen LogP contribution in [0.4, 0.5) is 4.39 Å². The van der Waals surface area contributed by atoms with Gasteiger partial charge in [0, 0.05) is 12.1 Å². The number of aromatic amines is 1. The Balaban J connectivity index is 1.57. The van der Waals surface area contributed by atoms with E-state index >= 15 is 0 Å². The van der Waals surface area contributed by atoms with Crippen LogP contribution in [0.2, 0.25) is 0 Å². The Hall–Kier alpha value is -3.75. The highest BCUT2D eigenvalue weighted by atomic mass is 19.1. The van der Waals surface area contributed by atoms with Gasteiger partial charge in [0.05, 0.1) is 10.8 Å². The number of fused-ring (bicyclic) bond motifs is 1. The lowest BCUT2D eigenvalue weighted by molar-refractivity contribution is -0.149. The summed E-state index contributed by atoms with van der Waals surface area (Å²) >= 11 is 0. The number of benzene rings is 2. The van der Waals surface area contributed by atoms with Crippen molar-refractivity contribution in [1.82, 2.24) is 15.1 Å². The number of hydrogen-bond acceptors (Lipinski definition) is 5. The third kappa shape index (κ3) is 4.32. The van der Waals surface area contributed by atoms with Crippen molar-refractivity contribution in [1.29, 1.82) is 0 Å². The van der Waals surface area contributed by atoms with Gasteiger partial charge >= 0.3 is 5.97 Å². The Kier molecular flexibility index (Phi) is 5.64. The van der Waals surface area contributed by atoms with Crippen molar-refractivity contribution in [3.8, 4) is 0 Å². The molecule has 1 aromatic heterocycles. The molecule has 0 radical (unpaired) electrons. The van der Waals surface area contributed by atoms with E-state index in [1.807, 2.05) is 0 Å². The smallest absolute Gasteiger partial charge is 0.328 e. The summed E-state index contributed by atoms with van der Waals surface area (Å²) in [5.41, 5.74) is -0.788. The number of hydrogen-bond donors (Lipinski definition) is 2. The number of nitrogens with zero attached hydrogens (tertiary/aromatic N) is 1. The molecule has 1 heterocycles. The molecule has 8 nitrogen and oxygen atoms in total. The van der Waals surface area contributed by atoms with Gasteiger partial charge in [-0.3, -0.25) is 24.3 Å². The molecular formula is C19H16FN3O5. The van der Waals surface area contributed by atoms with Crippen molar-refractivity contribution in [2.24, 2.45) is 0 Å². The summed E-state index contributed by atoms with van der Waals surface area (Å²) in [4.78, 5) is 47.9. The van der Waals surface area contributed by atoms with Gasteiger partial charge in [0.25, 0.3) is 17.0 Å². The SMILES string of the molecule is O=C(COC(=O)Cn1[nH]c(=O)c2ccccc2c1=O)NCc1ccccc1F. The maximum absolute atomic E-state index is 13.5. The maximum atomic E-state index is 13.5. The minimum Gasteiger partial charge on any atom is -0.454 e. The maximum Gasteiger partial charge on any atom is 0.328 e. The largest absolute Gasteiger partial charge is 0.454 e. The van der Waals surface area contributed by atoms with Crippen LogP contribution in [0.5, 0.6) is 0 Å². The van der Waals surface area contributed by atoms with Gasteiger partial charge in [-0.15, -0.1) is 0 Å². The van der Waals surface area contributed by atoms with E-state index in [4.69, 9.17) is 4.74 Å². The number of halogens is 1. The second-order valence-electron chi connectivity index (χ2n) is 5.91. The number of nitrogens with one attached hydrogen (secondary N) is 2. The van der Waals surface area contributed by atoms with Crippen molar-refractivity contribution < 1.29 is 18.7 Å². The molecule has 0 aliphatic heterocycles. The molecule has 28 heavy (non-hydrogen) atoms. The second kappa shape index (κ2) is 8.30. The molecule has 0 bridgehead atoms. The molecule has 0 atom stereocenters. The van der Waals surface area contributed by atoms with Crippen LogP contribution in [0.1, 0.15) is 5.56 Å². The third-order valence-corrected chi connectivity index (χ3v) is 3.97. The molecule has 3 aromatic rings. The van der Waals surface area contributed by atoms with Crippen LogP contribution >= 0.6 is 0 Å². The van der Waals surface area contributed by atoms with Crippen molar-refractivity contribution >= 4 is 22.6 Å². The molecule has 2 N–H and O–H groups in total. The average Bonchev–Trinajstić information content (AvgIpc) is 2.69. The third-order valence-electron chi connectivity index (χ3n) is 3.97. The van der Waals surface area contributed by atoms with E-state index in [9.17, 15) is 23.6 Å². The van der Waals surface area contributed by atoms with Crippen LogP contribution in [0.3, 0.4) is 0 Å². The van der Waals surface area contributed by atoms with Gasteiger partial charge in [-0.1, -0.05) is 30.3 Å². The van der Waals surface area contributed by atoms with Gasteiger partial charge in [-0.25, -0.2) is 9.07 Å². The lowest BCUT2D eigenvalue weighted by Gasteiger charge is -2.09. The highest BCUT2D eigenvalue weighted by Crippen LogP contribution is 2.05. The summed E-state index contributed by atoms with van der Waals surface area (Å²) in [6.07, 6.45) is 0. The Bertz CT molecular complexity index is 1150. The fraction of sp³-hybridized carbons (Fsp3) is 0.158. The summed E-state index contributed by atoms with van der Waals surface area (Å²) in [6, 6.07) is 12.1. The highest BCUT2D eigenvalue weighted by Gasteiger charge is 2.13. The van der Waals surface area contributed by atoms with Crippen molar-refractivity contribution in [3.63, 3.8) is 0 Å².